The Bertz CT molecular complexity index is 560. The van der Waals surface area contributed by atoms with Crippen LogP contribution in [0.4, 0.5) is 8.78 Å². The van der Waals surface area contributed by atoms with Crippen LogP contribution in [0, 0.1) is 11.6 Å². The van der Waals surface area contributed by atoms with Crippen molar-refractivity contribution in [1.29, 1.82) is 0 Å². The van der Waals surface area contributed by atoms with E-state index >= 15 is 0 Å². The molecule has 2 atom stereocenters. The summed E-state index contributed by atoms with van der Waals surface area (Å²) in [6.07, 6.45) is 4.23. The number of carbonyl (C=O) groups excluding carboxylic acids is 1. The maximum Gasteiger partial charge on any atom is 0.254 e. The Kier molecular flexibility index (Phi) is 5.74. The minimum atomic E-state index is -0.979. The molecule has 0 aliphatic heterocycles. The normalized spacial score (nSPS) is 21.7. The summed E-state index contributed by atoms with van der Waals surface area (Å²) in [5, 5.41) is 0. The van der Waals surface area contributed by atoms with Gasteiger partial charge in [-0.2, -0.15) is 0 Å². The van der Waals surface area contributed by atoms with Crippen LogP contribution in [0.25, 0.3) is 0 Å². The highest BCUT2D eigenvalue weighted by molar-refractivity contribution is 5.94. The number of rotatable bonds is 4. The van der Waals surface area contributed by atoms with Gasteiger partial charge in [-0.15, -0.1) is 0 Å². The fourth-order valence-corrected chi connectivity index (χ4v) is 3.56. The fourth-order valence-electron chi connectivity index (χ4n) is 3.56. The molecule has 2 unspecified atom stereocenters. The number of amides is 1. The molecular formula is C18H26F2N2O. The molecule has 1 aromatic carbocycles. The van der Waals surface area contributed by atoms with Gasteiger partial charge >= 0.3 is 0 Å². The van der Waals surface area contributed by atoms with Crippen LogP contribution in [0.15, 0.2) is 18.2 Å². The van der Waals surface area contributed by atoms with Crippen molar-refractivity contribution in [2.45, 2.75) is 57.7 Å². The highest BCUT2D eigenvalue weighted by Crippen LogP contribution is 2.29. The highest BCUT2D eigenvalue weighted by atomic mass is 19.2. The van der Waals surface area contributed by atoms with Gasteiger partial charge in [0.25, 0.3) is 5.91 Å². The standard InChI is InChI=1S/C18H26F2N2O/c1-12(2)22(17-8-6-5-7-16(17)21(3)4)18(23)13-9-10-14(19)15(20)11-13/h9-12,16-17H,5-8H2,1-4H3. The van der Waals surface area contributed by atoms with Gasteiger partial charge in [0.2, 0.25) is 0 Å². The Morgan fingerprint density at radius 2 is 1.70 bits per heavy atom. The molecule has 0 saturated heterocycles. The number of hydrogen-bond acceptors (Lipinski definition) is 2. The van der Waals surface area contributed by atoms with Crippen molar-refractivity contribution in [1.82, 2.24) is 9.80 Å². The predicted octanol–water partition coefficient (Wildman–Crippen LogP) is 3.69. The van der Waals surface area contributed by atoms with Crippen LogP contribution >= 0.6 is 0 Å². The van der Waals surface area contributed by atoms with E-state index in [9.17, 15) is 13.6 Å². The quantitative estimate of drug-likeness (QED) is 0.843. The number of likely N-dealkylation sites (N-methyl/N-ethyl adjacent to an activating group) is 1. The zero-order valence-electron chi connectivity index (χ0n) is 14.4. The summed E-state index contributed by atoms with van der Waals surface area (Å²) in [7, 11) is 4.06. The molecule has 128 valence electrons. The molecule has 0 radical (unpaired) electrons. The molecule has 1 aliphatic rings. The largest absolute Gasteiger partial charge is 0.332 e. The molecule has 23 heavy (non-hydrogen) atoms. The van der Waals surface area contributed by atoms with Crippen molar-refractivity contribution in [3.8, 4) is 0 Å². The average molecular weight is 324 g/mol. The summed E-state index contributed by atoms with van der Waals surface area (Å²) >= 11 is 0. The fraction of sp³-hybridized carbons (Fsp3) is 0.611. The molecule has 0 N–H and O–H groups in total. The van der Waals surface area contributed by atoms with Gasteiger partial charge in [0, 0.05) is 23.7 Å². The van der Waals surface area contributed by atoms with Crippen LogP contribution in [0.2, 0.25) is 0 Å². The van der Waals surface area contributed by atoms with E-state index in [2.05, 4.69) is 4.90 Å². The second kappa shape index (κ2) is 7.39. The molecule has 1 aliphatic carbocycles. The van der Waals surface area contributed by atoms with E-state index in [4.69, 9.17) is 0 Å². The highest BCUT2D eigenvalue weighted by Gasteiger charge is 2.35. The lowest BCUT2D eigenvalue weighted by Gasteiger charge is -2.44. The van der Waals surface area contributed by atoms with Crippen LogP contribution in [-0.4, -0.2) is 47.9 Å². The maximum atomic E-state index is 13.5. The zero-order chi connectivity index (χ0) is 17.1. The van der Waals surface area contributed by atoms with Crippen molar-refractivity contribution in [3.05, 3.63) is 35.4 Å². The topological polar surface area (TPSA) is 23.6 Å². The molecule has 1 fully saturated rings. The van der Waals surface area contributed by atoms with Crippen molar-refractivity contribution in [3.63, 3.8) is 0 Å². The van der Waals surface area contributed by atoms with E-state index in [1.54, 1.807) is 0 Å². The van der Waals surface area contributed by atoms with Crippen molar-refractivity contribution < 1.29 is 13.6 Å². The Hall–Kier alpha value is -1.49. The SMILES string of the molecule is CC(C)N(C(=O)c1ccc(F)c(F)c1)C1CCCCC1N(C)C. The minimum Gasteiger partial charge on any atom is -0.332 e. The summed E-state index contributed by atoms with van der Waals surface area (Å²) in [5.74, 6) is -2.13. The Morgan fingerprint density at radius 1 is 1.09 bits per heavy atom. The van der Waals surface area contributed by atoms with Gasteiger partial charge in [0.15, 0.2) is 11.6 Å². The van der Waals surface area contributed by atoms with Crippen LogP contribution < -0.4 is 0 Å². The average Bonchev–Trinajstić information content (AvgIpc) is 2.50. The monoisotopic (exact) mass is 324 g/mol. The van der Waals surface area contributed by atoms with Crippen LogP contribution in [-0.2, 0) is 0 Å². The molecular weight excluding hydrogens is 298 g/mol. The molecule has 5 heteroatoms. The Balaban J connectivity index is 2.32. The first kappa shape index (κ1) is 17.9. The summed E-state index contributed by atoms with van der Waals surface area (Å²) in [6.45, 7) is 3.94. The maximum absolute atomic E-state index is 13.5. The third kappa shape index (κ3) is 3.89. The number of benzene rings is 1. The molecule has 0 aromatic heterocycles. The van der Waals surface area contributed by atoms with Gasteiger partial charge < -0.3 is 9.80 Å². The Labute approximate surface area is 137 Å². The number of nitrogens with zero attached hydrogens (tertiary/aromatic N) is 2. The summed E-state index contributed by atoms with van der Waals surface area (Å²) in [5.41, 5.74) is 0.209. The van der Waals surface area contributed by atoms with Crippen molar-refractivity contribution in [2.24, 2.45) is 0 Å². The van der Waals surface area contributed by atoms with Gasteiger partial charge in [0.05, 0.1) is 0 Å². The summed E-state index contributed by atoms with van der Waals surface area (Å²) in [6, 6.07) is 3.77. The van der Waals surface area contributed by atoms with Gasteiger partial charge in [0.1, 0.15) is 0 Å². The second-order valence-electron chi connectivity index (χ2n) is 6.82. The van der Waals surface area contributed by atoms with Gasteiger partial charge in [-0.1, -0.05) is 12.8 Å². The molecule has 1 aromatic rings. The first-order valence-electron chi connectivity index (χ1n) is 8.27. The van der Waals surface area contributed by atoms with E-state index in [1.165, 1.54) is 6.07 Å². The smallest absolute Gasteiger partial charge is 0.254 e. The molecule has 0 spiro atoms. The van der Waals surface area contributed by atoms with Crippen LogP contribution in [0.5, 0.6) is 0 Å². The lowest BCUT2D eigenvalue weighted by atomic mass is 9.87. The van der Waals surface area contributed by atoms with E-state index < -0.39 is 11.6 Å². The van der Waals surface area contributed by atoms with E-state index in [1.807, 2.05) is 32.8 Å². The van der Waals surface area contributed by atoms with E-state index in [-0.39, 0.29) is 23.6 Å². The molecule has 0 bridgehead atoms. The lowest BCUT2D eigenvalue weighted by molar-refractivity contribution is 0.0356. The molecule has 2 rings (SSSR count). The van der Waals surface area contributed by atoms with Crippen molar-refractivity contribution in [2.75, 3.05) is 14.1 Å². The molecule has 1 saturated carbocycles. The molecule has 3 nitrogen and oxygen atoms in total. The third-order valence-electron chi connectivity index (χ3n) is 4.67. The number of hydrogen-bond donors (Lipinski definition) is 0. The van der Waals surface area contributed by atoms with Crippen molar-refractivity contribution >= 4 is 5.91 Å². The van der Waals surface area contributed by atoms with E-state index in [0.717, 1.165) is 37.8 Å². The first-order valence-corrected chi connectivity index (χ1v) is 8.27. The van der Waals surface area contributed by atoms with Gasteiger partial charge in [-0.05, 0) is 59.0 Å². The number of halogens is 2. The molecule has 0 heterocycles. The summed E-state index contributed by atoms with van der Waals surface area (Å²) in [4.78, 5) is 16.9. The number of carbonyl (C=O) groups is 1. The Morgan fingerprint density at radius 3 is 2.22 bits per heavy atom. The van der Waals surface area contributed by atoms with Gasteiger partial charge in [-0.3, -0.25) is 4.79 Å². The third-order valence-corrected chi connectivity index (χ3v) is 4.67. The second-order valence-corrected chi connectivity index (χ2v) is 6.82. The van der Waals surface area contributed by atoms with Crippen LogP contribution in [0.3, 0.4) is 0 Å². The van der Waals surface area contributed by atoms with Gasteiger partial charge in [-0.25, -0.2) is 8.78 Å². The first-order chi connectivity index (χ1) is 10.8. The van der Waals surface area contributed by atoms with E-state index in [0.29, 0.717) is 6.04 Å². The lowest BCUT2D eigenvalue weighted by Crippen LogP contribution is -2.55. The predicted molar refractivity (Wildman–Crippen MR) is 87.4 cm³/mol. The zero-order valence-corrected chi connectivity index (χ0v) is 14.4. The summed E-state index contributed by atoms with van der Waals surface area (Å²) < 4.78 is 26.6. The van der Waals surface area contributed by atoms with Crippen LogP contribution in [0.1, 0.15) is 49.9 Å². The minimum absolute atomic E-state index is 0.00108. The molecule has 1 amide bonds.